The third-order valence-corrected chi connectivity index (χ3v) is 16.7. The lowest BCUT2D eigenvalue weighted by Gasteiger charge is -2.54. The molecule has 6 aliphatic rings. The first-order valence-electron chi connectivity index (χ1n) is 22.0. The molecule has 5 saturated heterocycles. The molecule has 2 amide bonds. The van der Waals surface area contributed by atoms with E-state index in [-0.39, 0.29) is 73.0 Å². The van der Waals surface area contributed by atoms with Crippen LogP contribution in [0.4, 0.5) is 23.7 Å². The summed E-state index contributed by atoms with van der Waals surface area (Å²) >= 11 is 0. The number of alkyl carbamates (subject to hydrolysis) is 1. The number of sulfone groups is 1. The number of benzene rings is 2. The Hall–Kier alpha value is -3.66. The Balaban J connectivity index is 0.825. The van der Waals surface area contributed by atoms with Crippen molar-refractivity contribution in [2.75, 3.05) is 97.1 Å². The second kappa shape index (κ2) is 18.0. The number of rotatable bonds is 14. The van der Waals surface area contributed by atoms with E-state index in [1.807, 2.05) is 23.1 Å². The normalized spacial score (nSPS) is 26.0. The van der Waals surface area contributed by atoms with E-state index in [1.165, 1.54) is 30.6 Å². The molecule has 5 aliphatic heterocycles. The van der Waals surface area contributed by atoms with Crippen LogP contribution in [0.5, 0.6) is 0 Å². The average molecular weight is 855 g/mol. The summed E-state index contributed by atoms with van der Waals surface area (Å²) in [5, 5.41) is 2.52. The van der Waals surface area contributed by atoms with Crippen molar-refractivity contribution in [3.8, 4) is 0 Å². The molecule has 60 heavy (non-hydrogen) atoms. The summed E-state index contributed by atoms with van der Waals surface area (Å²) < 4.78 is 73.7. The molecule has 3 unspecified atom stereocenters. The quantitative estimate of drug-likeness (QED) is 0.250. The van der Waals surface area contributed by atoms with Crippen LogP contribution >= 0.6 is 0 Å². The van der Waals surface area contributed by atoms with Gasteiger partial charge in [0.25, 0.3) is 5.92 Å². The Morgan fingerprint density at radius 3 is 2.25 bits per heavy atom. The van der Waals surface area contributed by atoms with Gasteiger partial charge < -0.3 is 29.7 Å². The number of hydrogen-bond donors (Lipinski definition) is 1. The van der Waals surface area contributed by atoms with Crippen molar-refractivity contribution in [3.05, 3.63) is 72.1 Å². The van der Waals surface area contributed by atoms with Gasteiger partial charge in [0.05, 0.1) is 12.0 Å². The van der Waals surface area contributed by atoms with Gasteiger partial charge in [-0.2, -0.15) is 0 Å². The number of amides is 2. The van der Waals surface area contributed by atoms with Crippen molar-refractivity contribution >= 4 is 27.5 Å². The van der Waals surface area contributed by atoms with Gasteiger partial charge in [0.15, 0.2) is 9.84 Å². The second-order valence-electron chi connectivity index (χ2n) is 18.3. The summed E-state index contributed by atoms with van der Waals surface area (Å²) in [6.45, 7) is 8.94. The molecule has 5 heterocycles. The van der Waals surface area contributed by atoms with E-state index in [1.54, 1.807) is 24.3 Å². The zero-order valence-electron chi connectivity index (χ0n) is 34.8. The Labute approximate surface area is 353 Å². The minimum Gasteiger partial charge on any atom is -0.453 e. The highest BCUT2D eigenvalue weighted by molar-refractivity contribution is 7.92. The number of alkyl halides is 2. The summed E-state index contributed by atoms with van der Waals surface area (Å²) in [5.74, 6) is -2.07. The first kappa shape index (κ1) is 43.0. The number of carbonyl (C=O) groups is 2. The number of carbonyl (C=O) groups excluding carboxylic acids is 2. The minimum absolute atomic E-state index is 0.0250. The second-order valence-corrected chi connectivity index (χ2v) is 20.5. The molecule has 2 aromatic carbocycles. The molecule has 3 atom stereocenters. The first-order chi connectivity index (χ1) is 28.8. The first-order valence-corrected chi connectivity index (χ1v) is 23.6. The highest BCUT2D eigenvalue weighted by Crippen LogP contribution is 2.51. The number of halogens is 3. The maximum atomic E-state index is 15.0. The average Bonchev–Trinajstić information content (AvgIpc) is 3.64. The monoisotopic (exact) mass is 854 g/mol. The van der Waals surface area contributed by atoms with Crippen LogP contribution in [0.3, 0.4) is 0 Å². The highest BCUT2D eigenvalue weighted by atomic mass is 32.2. The molecule has 1 saturated carbocycles. The third kappa shape index (κ3) is 9.24. The van der Waals surface area contributed by atoms with Gasteiger partial charge >= 0.3 is 6.09 Å². The summed E-state index contributed by atoms with van der Waals surface area (Å²) in [6, 6.07) is 14.3. The molecule has 8 rings (SSSR count). The van der Waals surface area contributed by atoms with Crippen molar-refractivity contribution in [1.82, 2.24) is 24.9 Å². The molecule has 1 N–H and O–H groups in total. The van der Waals surface area contributed by atoms with Gasteiger partial charge in [-0.3, -0.25) is 9.69 Å². The fourth-order valence-electron chi connectivity index (χ4n) is 11.0. The van der Waals surface area contributed by atoms with Gasteiger partial charge in [-0.25, -0.2) is 26.4 Å². The van der Waals surface area contributed by atoms with E-state index >= 15 is 4.39 Å². The largest absolute Gasteiger partial charge is 0.453 e. The van der Waals surface area contributed by atoms with Gasteiger partial charge in [0.1, 0.15) is 11.1 Å². The fourth-order valence-corrected chi connectivity index (χ4v) is 12.6. The number of methoxy groups -OCH3 is 1. The van der Waals surface area contributed by atoms with Crippen LogP contribution < -0.4 is 10.2 Å². The molecule has 0 aromatic heterocycles. The standard InChI is InChI=1S/C45H61F3N6O5S/c1-59-43(56)49-41-9-3-8-40(41)45(32-52-20-5-21-52,35-6-2-7-36(46)26-35)34-15-22-51(23-16-34)27-33-28-53(29-33)37-11-13-38(14-12-37)60(57,58)39-30-54(31-39)42(55)10-4-19-50-24-17-44(47,48)18-25-50/h2,4,6-7,10-14,26,33-34,39-41H,3,5,8-9,15-25,27-32H2,1H3,(H,49,56). The molecular formula is C45H61F3N6O5S. The molecule has 11 nitrogen and oxygen atoms in total. The molecule has 0 spiro atoms. The van der Waals surface area contributed by atoms with E-state index < -0.39 is 27.1 Å². The van der Waals surface area contributed by atoms with Crippen molar-refractivity contribution in [1.29, 1.82) is 0 Å². The van der Waals surface area contributed by atoms with E-state index in [4.69, 9.17) is 4.74 Å². The molecule has 1 aliphatic carbocycles. The maximum Gasteiger partial charge on any atom is 0.407 e. The van der Waals surface area contributed by atoms with Crippen LogP contribution in [0.1, 0.15) is 56.9 Å². The molecule has 2 aromatic rings. The number of nitrogens with one attached hydrogen (secondary N) is 1. The zero-order chi connectivity index (χ0) is 42.1. The van der Waals surface area contributed by atoms with E-state index in [0.717, 1.165) is 95.7 Å². The van der Waals surface area contributed by atoms with Crippen LogP contribution in [0.25, 0.3) is 0 Å². The van der Waals surface area contributed by atoms with Crippen molar-refractivity contribution in [3.63, 3.8) is 0 Å². The van der Waals surface area contributed by atoms with E-state index in [0.29, 0.717) is 18.4 Å². The number of hydrogen-bond acceptors (Lipinski definition) is 9. The number of anilines is 1. The number of ether oxygens (including phenoxy) is 1. The van der Waals surface area contributed by atoms with Crippen LogP contribution in [-0.2, 0) is 24.8 Å². The van der Waals surface area contributed by atoms with Gasteiger partial charge in [-0.1, -0.05) is 24.6 Å². The highest BCUT2D eigenvalue weighted by Gasteiger charge is 2.53. The van der Waals surface area contributed by atoms with Crippen LogP contribution in [0, 0.1) is 23.6 Å². The van der Waals surface area contributed by atoms with Crippen LogP contribution in [0.15, 0.2) is 65.6 Å². The van der Waals surface area contributed by atoms with Crippen LogP contribution in [-0.4, -0.2) is 149 Å². The Morgan fingerprint density at radius 1 is 0.883 bits per heavy atom. The molecule has 328 valence electrons. The Kier molecular flexibility index (Phi) is 12.9. The summed E-state index contributed by atoms with van der Waals surface area (Å²) in [6.07, 6.45) is 8.42. The lowest BCUT2D eigenvalue weighted by atomic mass is 9.57. The smallest absolute Gasteiger partial charge is 0.407 e. The minimum atomic E-state index is -3.60. The number of nitrogens with zero attached hydrogens (tertiary/aromatic N) is 5. The Bertz CT molecular complexity index is 1950. The zero-order valence-corrected chi connectivity index (χ0v) is 35.6. The summed E-state index contributed by atoms with van der Waals surface area (Å²) in [7, 11) is -2.19. The predicted octanol–water partition coefficient (Wildman–Crippen LogP) is 5.41. The number of likely N-dealkylation sites (tertiary alicyclic amines) is 4. The lowest BCUT2D eigenvalue weighted by molar-refractivity contribution is -0.129. The molecule has 0 bridgehead atoms. The topological polar surface area (TPSA) is 106 Å². The van der Waals surface area contributed by atoms with Gasteiger partial charge in [-0.15, -0.1) is 0 Å². The molecule has 15 heteroatoms. The molecule has 6 fully saturated rings. The Morgan fingerprint density at radius 2 is 1.60 bits per heavy atom. The van der Waals surface area contributed by atoms with Crippen LogP contribution in [0.2, 0.25) is 0 Å². The fraction of sp³-hybridized carbons (Fsp3) is 0.644. The summed E-state index contributed by atoms with van der Waals surface area (Å²) in [5.41, 5.74) is 1.76. The van der Waals surface area contributed by atoms with E-state index in [2.05, 4.69) is 26.1 Å². The summed E-state index contributed by atoms with van der Waals surface area (Å²) in [4.78, 5) is 36.2. The number of piperidine rings is 2. The maximum absolute atomic E-state index is 15.0. The van der Waals surface area contributed by atoms with Crippen molar-refractivity contribution in [2.45, 2.75) is 78.9 Å². The van der Waals surface area contributed by atoms with Gasteiger partial charge in [-0.05, 0) is 112 Å². The molecule has 0 radical (unpaired) electrons. The lowest BCUT2D eigenvalue weighted by Crippen LogP contribution is -2.60. The van der Waals surface area contributed by atoms with Gasteiger partial charge in [0, 0.05) is 101 Å². The third-order valence-electron chi connectivity index (χ3n) is 14.6. The SMILES string of the molecule is COC(=O)NC1CCCC1C(CN1CCC1)(c1cccc(F)c1)C1CCN(CC2CN(c3ccc(S(=O)(=O)C4CN(C(=O)C=CCN5CCC(F)(F)CC5)C4)cc3)C2)CC1. The van der Waals surface area contributed by atoms with Crippen molar-refractivity contribution < 1.29 is 35.9 Å². The van der Waals surface area contributed by atoms with Crippen molar-refractivity contribution in [2.24, 2.45) is 17.8 Å². The predicted molar refractivity (Wildman–Crippen MR) is 224 cm³/mol. The van der Waals surface area contributed by atoms with E-state index in [9.17, 15) is 26.8 Å². The molecular weight excluding hydrogens is 794 g/mol. The van der Waals surface area contributed by atoms with Gasteiger partial charge in [0.2, 0.25) is 5.91 Å².